The predicted molar refractivity (Wildman–Crippen MR) is 61.6 cm³/mol. The average molecular weight is 339 g/mol. The molecular weight excluding hydrogens is 319 g/mol. The van der Waals surface area contributed by atoms with Crippen molar-refractivity contribution in [2.24, 2.45) is 0 Å². The van der Waals surface area contributed by atoms with Crippen molar-refractivity contribution < 1.29 is 24.2 Å². The summed E-state index contributed by atoms with van der Waals surface area (Å²) in [4.78, 5) is 22.2. The van der Waals surface area contributed by atoms with Crippen LogP contribution < -0.4 is 0 Å². The van der Waals surface area contributed by atoms with Crippen molar-refractivity contribution in [3.63, 3.8) is 0 Å². The minimum atomic E-state index is -1.45. The van der Waals surface area contributed by atoms with Gasteiger partial charge in [-0.3, -0.25) is 4.79 Å². The van der Waals surface area contributed by atoms with E-state index in [1.807, 2.05) is 0 Å². The average Bonchev–Trinajstić information content (AvgIpc) is 2.00. The summed E-state index contributed by atoms with van der Waals surface area (Å²) in [6.45, 7) is 6.71. The molecule has 0 aliphatic rings. The fraction of sp³-hybridized carbons (Fsp3) is 0.800. The monoisotopic (exact) mass is 340 g/mol. The predicted octanol–water partition coefficient (Wildman–Crippen LogP) is -0.276. The maximum absolute atomic E-state index is 11.1. The van der Waals surface area contributed by atoms with Crippen molar-refractivity contribution in [1.29, 1.82) is 0 Å². The van der Waals surface area contributed by atoms with E-state index in [2.05, 4.69) is 0 Å². The van der Waals surface area contributed by atoms with Crippen LogP contribution in [0.4, 0.5) is 0 Å². The molecule has 0 aromatic rings. The Balaban J connectivity index is 0. The van der Waals surface area contributed by atoms with Gasteiger partial charge in [0.05, 0.1) is 18.6 Å². The molecule has 1 N–H and O–H groups in total. The molecule has 0 bridgehead atoms. The molecule has 0 aromatic carbocycles. The van der Waals surface area contributed by atoms with Gasteiger partial charge in [-0.2, -0.15) is 0 Å². The third-order valence-electron chi connectivity index (χ3n) is 1.35. The van der Waals surface area contributed by atoms with Gasteiger partial charge in [-0.25, -0.2) is 4.79 Å². The first-order valence-corrected chi connectivity index (χ1v) is 4.91. The van der Waals surface area contributed by atoms with Crippen molar-refractivity contribution in [2.45, 2.75) is 52.4 Å². The molecule has 2 radical (unpaired) electrons. The number of aliphatic hydroxyl groups excluding tert-OH is 1. The van der Waals surface area contributed by atoms with Crippen LogP contribution in [0.1, 0.15) is 34.1 Å². The fourth-order valence-corrected chi connectivity index (χ4v) is 0.863. The van der Waals surface area contributed by atoms with Gasteiger partial charge in [0.1, 0.15) is 0 Å². The molecule has 1 atom stereocenters. The van der Waals surface area contributed by atoms with E-state index < -0.39 is 18.0 Å². The van der Waals surface area contributed by atoms with Gasteiger partial charge in [0.2, 0.25) is 0 Å². The second-order valence-corrected chi connectivity index (χ2v) is 3.74. The second kappa shape index (κ2) is 8.81. The summed E-state index contributed by atoms with van der Waals surface area (Å²) in [6.07, 6.45) is -2.39. The Morgan fingerprint density at radius 3 is 1.88 bits per heavy atom. The van der Waals surface area contributed by atoms with Crippen molar-refractivity contribution in [2.75, 3.05) is 0 Å². The number of hydrogen-bond donors (Lipinski definition) is 1. The number of hydrogen-bond acceptors (Lipinski definition) is 5. The summed E-state index contributed by atoms with van der Waals surface area (Å²) in [6, 6.07) is 0. The molecule has 0 saturated carbocycles. The number of aliphatic hydroxyl groups is 1. The molecule has 0 fully saturated rings. The molecule has 6 heteroatoms. The van der Waals surface area contributed by atoms with Crippen molar-refractivity contribution in [3.05, 3.63) is 0 Å². The van der Waals surface area contributed by atoms with Crippen molar-refractivity contribution in [3.8, 4) is 0 Å². The van der Waals surface area contributed by atoms with Crippen LogP contribution in [0.5, 0.6) is 0 Å². The van der Waals surface area contributed by atoms with E-state index in [4.69, 9.17) is 9.47 Å². The van der Waals surface area contributed by atoms with Crippen LogP contribution >= 0.6 is 0 Å². The Morgan fingerprint density at radius 1 is 1.06 bits per heavy atom. The first kappa shape index (κ1) is 18.1. The molecule has 0 aliphatic heterocycles. The summed E-state index contributed by atoms with van der Waals surface area (Å²) >= 11 is 0. The SMILES string of the molecule is CC(C)OC(=O)CC(O)C(=O)OC(C)C.[SnH2]. The van der Waals surface area contributed by atoms with Crippen LogP contribution in [0, 0.1) is 0 Å². The van der Waals surface area contributed by atoms with Gasteiger partial charge < -0.3 is 14.6 Å². The molecule has 1 unspecified atom stereocenters. The van der Waals surface area contributed by atoms with Crippen molar-refractivity contribution >= 4 is 35.8 Å². The van der Waals surface area contributed by atoms with Crippen LogP contribution in [0.2, 0.25) is 0 Å². The zero-order chi connectivity index (χ0) is 12.0. The number of esters is 2. The molecular formula is C10H20O5Sn. The number of carbonyl (C=O) groups is 2. The summed E-state index contributed by atoms with van der Waals surface area (Å²) in [5.41, 5.74) is 0. The molecule has 5 nitrogen and oxygen atoms in total. The van der Waals surface area contributed by atoms with E-state index in [-0.39, 0.29) is 42.5 Å². The van der Waals surface area contributed by atoms with E-state index in [1.165, 1.54) is 0 Å². The zero-order valence-electron chi connectivity index (χ0n) is 10.2. The molecule has 0 spiro atoms. The van der Waals surface area contributed by atoms with Crippen LogP contribution in [0.25, 0.3) is 0 Å². The van der Waals surface area contributed by atoms with Gasteiger partial charge in [-0.1, -0.05) is 0 Å². The summed E-state index contributed by atoms with van der Waals surface area (Å²) in [5, 5.41) is 9.27. The number of ether oxygens (including phenoxy) is 2. The van der Waals surface area contributed by atoms with E-state index in [0.717, 1.165) is 0 Å². The van der Waals surface area contributed by atoms with Crippen LogP contribution in [0.3, 0.4) is 0 Å². The number of carbonyl (C=O) groups excluding carboxylic acids is 2. The van der Waals surface area contributed by atoms with Crippen LogP contribution in [0.15, 0.2) is 0 Å². The van der Waals surface area contributed by atoms with Gasteiger partial charge in [0, 0.05) is 0 Å². The van der Waals surface area contributed by atoms with E-state index in [0.29, 0.717) is 0 Å². The Labute approximate surface area is 112 Å². The topological polar surface area (TPSA) is 72.8 Å². The van der Waals surface area contributed by atoms with Gasteiger partial charge >= 0.3 is 35.8 Å². The van der Waals surface area contributed by atoms with Gasteiger partial charge in [0.15, 0.2) is 6.10 Å². The Kier molecular flexibility index (Phi) is 9.95. The van der Waals surface area contributed by atoms with E-state index in [1.54, 1.807) is 27.7 Å². The Hall–Kier alpha value is -0.301. The third-order valence-corrected chi connectivity index (χ3v) is 1.35. The summed E-state index contributed by atoms with van der Waals surface area (Å²) in [7, 11) is 0. The van der Waals surface area contributed by atoms with E-state index >= 15 is 0 Å². The van der Waals surface area contributed by atoms with Crippen LogP contribution in [-0.4, -0.2) is 59.3 Å². The molecule has 0 heterocycles. The van der Waals surface area contributed by atoms with Crippen LogP contribution in [-0.2, 0) is 19.1 Å². The molecule has 0 aromatic heterocycles. The Bertz CT molecular complexity index is 227. The zero-order valence-corrected chi connectivity index (χ0v) is 14.3. The number of rotatable bonds is 5. The molecule has 0 saturated heterocycles. The quantitative estimate of drug-likeness (QED) is 0.551. The standard InChI is InChI=1S/C10H18O5.Sn.2H/c1-6(2)14-9(12)5-8(11)10(13)15-7(3)4;;;/h6-8,11H,5H2,1-4H3;;;. The van der Waals surface area contributed by atoms with Gasteiger partial charge in [-0.15, -0.1) is 0 Å². The summed E-state index contributed by atoms with van der Waals surface area (Å²) < 4.78 is 9.49. The first-order valence-electron chi connectivity index (χ1n) is 4.91. The first-order chi connectivity index (χ1) is 6.82. The molecule has 0 amide bonds. The second-order valence-electron chi connectivity index (χ2n) is 3.74. The van der Waals surface area contributed by atoms with Gasteiger partial charge in [0.25, 0.3) is 0 Å². The maximum atomic E-state index is 11.1. The van der Waals surface area contributed by atoms with E-state index in [9.17, 15) is 14.7 Å². The Morgan fingerprint density at radius 2 is 1.50 bits per heavy atom. The molecule has 16 heavy (non-hydrogen) atoms. The van der Waals surface area contributed by atoms with Crippen molar-refractivity contribution in [1.82, 2.24) is 0 Å². The fourth-order valence-electron chi connectivity index (χ4n) is 0.863. The van der Waals surface area contributed by atoms with Gasteiger partial charge in [-0.05, 0) is 27.7 Å². The third kappa shape index (κ3) is 8.96. The molecule has 0 aliphatic carbocycles. The normalized spacial score (nSPS) is 11.9. The molecule has 94 valence electrons. The summed E-state index contributed by atoms with van der Waals surface area (Å²) in [5.74, 6) is -1.41. The molecule has 0 rings (SSSR count). The minimum absolute atomic E-state index is 0.